The number of hydrogen-bond donors (Lipinski definition) is 3. The first kappa shape index (κ1) is 37.1. The molecule has 3 N–H and O–H groups in total. The maximum Gasteiger partial charge on any atom is 0.337 e. The SMILES string of the molecule is C=C(C)C(=O)OCC1CO1.C=C(C=C(C)C(=O)O)C(=O)OCCCC.C=C(C=C(C)C(=O)O)C(=O)OCCO. The summed E-state index contributed by atoms with van der Waals surface area (Å²) in [6.45, 7) is 17.6. The van der Waals surface area contributed by atoms with E-state index in [1.165, 1.54) is 19.9 Å². The Labute approximate surface area is 227 Å². The van der Waals surface area contributed by atoms with Gasteiger partial charge in [0.2, 0.25) is 0 Å². The molecule has 1 saturated heterocycles. The van der Waals surface area contributed by atoms with Crippen molar-refractivity contribution in [3.63, 3.8) is 0 Å². The third kappa shape index (κ3) is 20.7. The molecule has 0 aromatic heterocycles. The average molecular weight is 555 g/mol. The Balaban J connectivity index is 0. The van der Waals surface area contributed by atoms with Gasteiger partial charge < -0.3 is 34.3 Å². The van der Waals surface area contributed by atoms with Gasteiger partial charge in [-0.25, -0.2) is 24.0 Å². The Morgan fingerprint density at radius 1 is 0.821 bits per heavy atom. The number of aliphatic carboxylic acids is 2. The minimum Gasteiger partial charge on any atom is -0.478 e. The van der Waals surface area contributed by atoms with Gasteiger partial charge in [-0.3, -0.25) is 0 Å². The van der Waals surface area contributed by atoms with Gasteiger partial charge in [0.1, 0.15) is 19.3 Å². The first-order chi connectivity index (χ1) is 18.2. The topological polar surface area (TPSA) is 186 Å². The molecule has 0 saturated carbocycles. The Morgan fingerprint density at radius 2 is 1.26 bits per heavy atom. The quantitative estimate of drug-likeness (QED) is 0.0712. The van der Waals surface area contributed by atoms with E-state index in [9.17, 15) is 24.0 Å². The zero-order valence-corrected chi connectivity index (χ0v) is 22.8. The fourth-order valence-electron chi connectivity index (χ4n) is 1.85. The summed E-state index contributed by atoms with van der Waals surface area (Å²) in [4.78, 5) is 53.7. The molecule has 0 aromatic carbocycles. The van der Waals surface area contributed by atoms with Crippen LogP contribution in [0.25, 0.3) is 0 Å². The highest BCUT2D eigenvalue weighted by atomic mass is 16.6. The summed E-state index contributed by atoms with van der Waals surface area (Å²) < 4.78 is 19.0. The van der Waals surface area contributed by atoms with E-state index in [1.807, 2.05) is 6.92 Å². The summed E-state index contributed by atoms with van der Waals surface area (Å²) in [5.41, 5.74) is 0.494. The molecule has 1 rings (SSSR count). The first-order valence-electron chi connectivity index (χ1n) is 11.8. The summed E-state index contributed by atoms with van der Waals surface area (Å²) in [6, 6.07) is 0. The van der Waals surface area contributed by atoms with Gasteiger partial charge in [0.15, 0.2) is 0 Å². The van der Waals surface area contributed by atoms with Gasteiger partial charge in [-0.15, -0.1) is 0 Å². The number of carbonyl (C=O) groups excluding carboxylic acids is 3. The molecule has 0 radical (unpaired) electrons. The van der Waals surface area contributed by atoms with Crippen molar-refractivity contribution in [2.75, 3.05) is 33.0 Å². The Hall–Kier alpha value is -4.03. The predicted octanol–water partition coefficient (Wildman–Crippen LogP) is 2.53. The van der Waals surface area contributed by atoms with E-state index in [2.05, 4.69) is 24.5 Å². The molecule has 1 aliphatic heterocycles. The van der Waals surface area contributed by atoms with Crippen molar-refractivity contribution < 1.29 is 58.2 Å². The standard InChI is InChI=1S/C11H16O4.C9H12O5.C7H10O3/c1-4-5-6-15-11(14)9(3)7-8(2)10(12)13;1-6(8(11)12)5-7(2)9(13)14-4-3-10;1-5(2)7(8)10-4-6-3-9-6/h7H,3-6H2,1-2H3,(H,12,13);5,10H,2-4H2,1H3,(H,11,12);6H,1,3-4H2,2H3. The normalized spacial score (nSPS) is 13.7. The number of ether oxygens (including phenoxy) is 4. The molecule has 0 bridgehead atoms. The average Bonchev–Trinajstić information content (AvgIpc) is 3.70. The molecule has 0 aromatic rings. The van der Waals surface area contributed by atoms with Gasteiger partial charge >= 0.3 is 29.8 Å². The van der Waals surface area contributed by atoms with Gasteiger partial charge in [-0.2, -0.15) is 0 Å². The van der Waals surface area contributed by atoms with Gasteiger partial charge in [-0.05, 0) is 39.3 Å². The number of unbranched alkanes of at least 4 members (excludes halogenated alkanes) is 1. The Bertz CT molecular complexity index is 967. The van der Waals surface area contributed by atoms with Crippen LogP contribution in [0.4, 0.5) is 0 Å². The molecule has 12 heteroatoms. The molecule has 1 unspecified atom stereocenters. The zero-order valence-electron chi connectivity index (χ0n) is 22.8. The first-order valence-corrected chi connectivity index (χ1v) is 11.8. The second-order valence-corrected chi connectivity index (χ2v) is 8.00. The van der Waals surface area contributed by atoms with Crippen molar-refractivity contribution in [1.29, 1.82) is 0 Å². The van der Waals surface area contributed by atoms with Crippen LogP contribution in [0.5, 0.6) is 0 Å². The van der Waals surface area contributed by atoms with Crippen LogP contribution in [-0.2, 0) is 42.9 Å². The van der Waals surface area contributed by atoms with Crippen LogP contribution in [0.2, 0.25) is 0 Å². The van der Waals surface area contributed by atoms with Crippen LogP contribution < -0.4 is 0 Å². The minimum atomic E-state index is -1.12. The number of aliphatic hydroxyl groups excluding tert-OH is 1. The lowest BCUT2D eigenvalue weighted by Crippen LogP contribution is -2.10. The van der Waals surface area contributed by atoms with Crippen molar-refractivity contribution in [2.24, 2.45) is 0 Å². The van der Waals surface area contributed by atoms with E-state index in [-0.39, 0.29) is 47.6 Å². The number of epoxide rings is 1. The molecule has 0 spiro atoms. The highest BCUT2D eigenvalue weighted by Crippen LogP contribution is 2.09. The molecular weight excluding hydrogens is 516 g/mol. The monoisotopic (exact) mass is 554 g/mol. The molecule has 39 heavy (non-hydrogen) atoms. The second kappa shape index (κ2) is 21.0. The molecule has 218 valence electrons. The maximum absolute atomic E-state index is 11.2. The number of esters is 3. The van der Waals surface area contributed by atoms with E-state index in [0.717, 1.165) is 18.9 Å². The van der Waals surface area contributed by atoms with Gasteiger partial charge in [0.25, 0.3) is 0 Å². The predicted molar refractivity (Wildman–Crippen MR) is 140 cm³/mol. The molecule has 12 nitrogen and oxygen atoms in total. The van der Waals surface area contributed by atoms with Crippen LogP contribution in [0.1, 0.15) is 40.5 Å². The summed E-state index contributed by atoms with van der Waals surface area (Å²) in [7, 11) is 0. The molecule has 1 aliphatic rings. The summed E-state index contributed by atoms with van der Waals surface area (Å²) in [5, 5.41) is 25.4. The van der Waals surface area contributed by atoms with E-state index < -0.39 is 23.9 Å². The largest absolute Gasteiger partial charge is 0.478 e. The van der Waals surface area contributed by atoms with Crippen molar-refractivity contribution >= 4 is 29.8 Å². The number of hydrogen-bond acceptors (Lipinski definition) is 10. The van der Waals surface area contributed by atoms with E-state index >= 15 is 0 Å². The minimum absolute atomic E-state index is 0.00375. The highest BCUT2D eigenvalue weighted by Gasteiger charge is 2.24. The Kier molecular flexibility index (Phi) is 20.0. The molecule has 0 aliphatic carbocycles. The lowest BCUT2D eigenvalue weighted by atomic mass is 10.2. The lowest BCUT2D eigenvalue weighted by molar-refractivity contribution is -0.140. The number of carboxylic acids is 2. The Morgan fingerprint density at radius 3 is 1.59 bits per heavy atom. The molecular formula is C27H38O12. The lowest BCUT2D eigenvalue weighted by Gasteiger charge is -2.03. The molecule has 0 amide bonds. The fraction of sp³-hybridized carbons (Fsp3) is 0.444. The van der Waals surface area contributed by atoms with Gasteiger partial charge in [-0.1, -0.05) is 33.1 Å². The van der Waals surface area contributed by atoms with Crippen molar-refractivity contribution in [1.82, 2.24) is 0 Å². The number of carboxylic acid groups (broad SMARTS) is 2. The van der Waals surface area contributed by atoms with Crippen LogP contribution in [0, 0.1) is 0 Å². The summed E-state index contributed by atoms with van der Waals surface area (Å²) >= 11 is 0. The molecule has 1 atom stereocenters. The van der Waals surface area contributed by atoms with E-state index in [1.54, 1.807) is 6.92 Å². The number of rotatable bonds is 14. The van der Waals surface area contributed by atoms with Crippen molar-refractivity contribution in [2.45, 2.75) is 46.6 Å². The molecule has 1 heterocycles. The van der Waals surface area contributed by atoms with Gasteiger partial charge in [0, 0.05) is 16.7 Å². The smallest absolute Gasteiger partial charge is 0.337 e. The van der Waals surface area contributed by atoms with Crippen LogP contribution in [0.3, 0.4) is 0 Å². The van der Waals surface area contributed by atoms with Crippen LogP contribution in [0.15, 0.2) is 59.8 Å². The van der Waals surface area contributed by atoms with Crippen molar-refractivity contribution in [3.8, 4) is 0 Å². The third-order valence-corrected chi connectivity index (χ3v) is 4.19. The number of carbonyl (C=O) groups is 5. The van der Waals surface area contributed by atoms with E-state index in [0.29, 0.717) is 25.4 Å². The summed E-state index contributed by atoms with van der Waals surface area (Å²) in [5.74, 6) is -3.84. The maximum atomic E-state index is 11.2. The van der Waals surface area contributed by atoms with Gasteiger partial charge in [0.05, 0.1) is 31.0 Å². The van der Waals surface area contributed by atoms with Crippen LogP contribution in [-0.4, -0.2) is 84.3 Å². The zero-order chi connectivity index (χ0) is 30.5. The summed E-state index contributed by atoms with van der Waals surface area (Å²) in [6.07, 6.45) is 4.19. The van der Waals surface area contributed by atoms with E-state index in [4.69, 9.17) is 29.5 Å². The second-order valence-electron chi connectivity index (χ2n) is 8.00. The fourth-order valence-corrected chi connectivity index (χ4v) is 1.85. The molecule has 1 fully saturated rings. The highest BCUT2D eigenvalue weighted by molar-refractivity contribution is 5.95. The van der Waals surface area contributed by atoms with Crippen LogP contribution >= 0.6 is 0 Å². The third-order valence-electron chi connectivity index (χ3n) is 4.19. The number of aliphatic hydroxyl groups is 1. The van der Waals surface area contributed by atoms with Crippen molar-refractivity contribution in [3.05, 3.63) is 59.8 Å².